The van der Waals surface area contributed by atoms with Crippen molar-refractivity contribution in [3.05, 3.63) is 92.1 Å². The van der Waals surface area contributed by atoms with E-state index in [-0.39, 0.29) is 40.6 Å². The second-order valence-electron chi connectivity index (χ2n) is 11.8. The Balaban J connectivity index is 0.00000323. The molecule has 0 spiro atoms. The molecule has 0 saturated carbocycles. The van der Waals surface area contributed by atoms with E-state index >= 15 is 0 Å². The third-order valence-corrected chi connectivity index (χ3v) is 18.6. The average molecular weight is 708 g/mol. The molecule has 3 aromatic rings. The first-order chi connectivity index (χ1) is 19.3. The summed E-state index contributed by atoms with van der Waals surface area (Å²) in [6, 6.07) is 13.8. The summed E-state index contributed by atoms with van der Waals surface area (Å²) in [5.41, 5.74) is 12.7. The summed E-state index contributed by atoms with van der Waals surface area (Å²) >= 11 is 2.47. The summed E-state index contributed by atoms with van der Waals surface area (Å²) in [6.45, 7) is 22.3. The molecule has 1 aliphatic rings. The maximum atomic E-state index is 6.41. The Morgan fingerprint density at radius 3 is 0.955 bits per heavy atom. The van der Waals surface area contributed by atoms with Gasteiger partial charge in [0.25, 0.3) is 0 Å². The van der Waals surface area contributed by atoms with E-state index in [1.807, 2.05) is 21.3 Å². The minimum atomic E-state index is -3.18. The van der Waals surface area contributed by atoms with Crippen LogP contribution in [-0.4, -0.2) is 29.4 Å². The third-order valence-electron chi connectivity index (χ3n) is 10.2. The largest absolute Gasteiger partial charge is 1.00 e. The number of ether oxygens (including phenoxy) is 3. The number of allylic oxidation sites excluding steroid dienone is 4. The van der Waals surface area contributed by atoms with Crippen molar-refractivity contribution < 1.29 is 71.9 Å². The van der Waals surface area contributed by atoms with Gasteiger partial charge in [0, 0.05) is 0 Å². The predicted octanol–water partition coefficient (Wildman–Crippen LogP) is -2.02. The van der Waals surface area contributed by atoms with Crippen molar-refractivity contribution in [1.29, 1.82) is 0 Å². The third kappa shape index (κ3) is 5.52. The molecule has 0 aromatic heterocycles. The van der Waals surface area contributed by atoms with Gasteiger partial charge in [0.2, 0.25) is 0 Å². The molecule has 4 rings (SSSR count). The van der Waals surface area contributed by atoms with Crippen LogP contribution in [-0.2, 0) is 20.4 Å². The molecule has 0 bridgehead atoms. The van der Waals surface area contributed by atoms with Crippen molar-refractivity contribution in [2.24, 2.45) is 0 Å². The molecule has 236 valence electrons. The Morgan fingerprint density at radius 1 is 0.477 bits per heavy atom. The second kappa shape index (κ2) is 14.8. The maximum absolute atomic E-state index is 6.41. The van der Waals surface area contributed by atoms with Gasteiger partial charge in [-0.2, -0.15) is 0 Å². The van der Waals surface area contributed by atoms with Gasteiger partial charge in [-0.1, -0.05) is 0 Å². The number of halogens is 3. The zero-order valence-electron chi connectivity index (χ0n) is 28.3. The quantitative estimate of drug-likeness (QED) is 0.210. The number of hydrogen-bond acceptors (Lipinski definition) is 3. The van der Waals surface area contributed by atoms with E-state index in [2.05, 4.69) is 126 Å². The van der Waals surface area contributed by atoms with Crippen LogP contribution in [0.25, 0.3) is 0 Å². The van der Waals surface area contributed by atoms with E-state index < -0.39 is 8.07 Å². The summed E-state index contributed by atoms with van der Waals surface area (Å²) in [4.78, 5) is 0. The molecule has 3 aromatic carbocycles. The normalized spacial score (nSPS) is 14.1. The molecule has 44 heavy (non-hydrogen) atoms. The van der Waals surface area contributed by atoms with Crippen molar-refractivity contribution in [2.45, 2.75) is 72.6 Å². The van der Waals surface area contributed by atoms with E-state index in [0.29, 0.717) is 0 Å². The fraction of sp³-hybridized carbons (Fsp3) is 0.389. The Morgan fingerprint density at radius 2 is 0.727 bits per heavy atom. The Kier molecular flexibility index (Phi) is 13.6. The van der Waals surface area contributed by atoms with Gasteiger partial charge in [-0.05, 0) is 0 Å². The summed E-state index contributed by atoms with van der Waals surface area (Å²) in [6.07, 6.45) is 0. The van der Waals surface area contributed by atoms with Gasteiger partial charge in [0.1, 0.15) is 0 Å². The van der Waals surface area contributed by atoms with E-state index in [1.54, 1.807) is 0 Å². The van der Waals surface area contributed by atoms with Crippen molar-refractivity contribution in [1.82, 2.24) is 0 Å². The first kappa shape index (κ1) is 40.4. The smallest absolute Gasteiger partial charge is 1.00 e. The van der Waals surface area contributed by atoms with Gasteiger partial charge in [-0.3, -0.25) is 0 Å². The summed E-state index contributed by atoms with van der Waals surface area (Å²) in [7, 11) is 2.28. The van der Waals surface area contributed by atoms with Crippen LogP contribution in [0, 0.1) is 41.5 Å². The first-order valence-corrected chi connectivity index (χ1v) is 17.1. The van der Waals surface area contributed by atoms with Gasteiger partial charge in [0.15, 0.2) is 0 Å². The Hall–Kier alpha value is -1.66. The van der Waals surface area contributed by atoms with E-state index in [1.165, 1.54) is 71.2 Å². The van der Waals surface area contributed by atoms with Crippen LogP contribution in [0.5, 0.6) is 17.2 Å². The zero-order chi connectivity index (χ0) is 30.6. The fourth-order valence-corrected chi connectivity index (χ4v) is 16.0. The molecule has 0 saturated heterocycles. The molecule has 0 aliphatic heterocycles. The first-order valence-electron chi connectivity index (χ1n) is 14.3. The van der Waals surface area contributed by atoms with Crippen molar-refractivity contribution in [3.63, 3.8) is 0 Å². The molecular weight excluding hydrogens is 663 g/mol. The molecule has 0 atom stereocenters. The molecule has 1 aliphatic carbocycles. The number of methoxy groups -OCH3 is 3. The summed E-state index contributed by atoms with van der Waals surface area (Å²) < 4.78 is 18.9. The van der Waals surface area contributed by atoms with Crippen LogP contribution in [0.3, 0.4) is 0 Å². The van der Waals surface area contributed by atoms with Crippen LogP contribution < -0.4 is 67.0 Å². The molecule has 0 radical (unpaired) electrons. The SMILES string of the molecule is COc1c([Si](c2ccc(C)c(C)c2OC)(c2ccc(C)c(C)c2OC)[C]2([Ti+3])C(C)=C(C)C(C)=C2C)ccc(C)c1C.[Cl-].[Cl-].[Cl-]. The van der Waals surface area contributed by atoms with Crippen molar-refractivity contribution in [2.75, 3.05) is 21.3 Å². The fourth-order valence-electron chi connectivity index (χ4n) is 7.06. The Bertz CT molecular complexity index is 1460. The summed E-state index contributed by atoms with van der Waals surface area (Å²) in [5, 5.41) is 3.74. The topological polar surface area (TPSA) is 27.7 Å². The molecule has 3 nitrogen and oxygen atoms in total. The molecule has 8 heteroatoms. The molecule has 0 unspecified atom stereocenters. The number of aryl methyl sites for hydroxylation is 3. The van der Waals surface area contributed by atoms with Gasteiger partial charge >= 0.3 is 262 Å². The van der Waals surface area contributed by atoms with E-state index in [4.69, 9.17) is 14.2 Å². The minimum absolute atomic E-state index is 0. The van der Waals surface area contributed by atoms with Crippen LogP contribution in [0.4, 0.5) is 0 Å². The zero-order valence-corrected chi connectivity index (χ0v) is 33.2. The second-order valence-corrected chi connectivity index (χ2v) is 17.6. The van der Waals surface area contributed by atoms with E-state index in [0.717, 1.165) is 17.2 Å². The minimum Gasteiger partial charge on any atom is -1.00 e. The van der Waals surface area contributed by atoms with Crippen LogP contribution in [0.2, 0.25) is 3.34 Å². The van der Waals surface area contributed by atoms with E-state index in [9.17, 15) is 0 Å². The van der Waals surface area contributed by atoms with Gasteiger partial charge in [0.05, 0.1) is 0 Å². The molecule has 0 amide bonds. The predicted molar refractivity (Wildman–Crippen MR) is 172 cm³/mol. The molecule has 0 fully saturated rings. The number of benzene rings is 3. The van der Waals surface area contributed by atoms with Gasteiger partial charge in [-0.25, -0.2) is 0 Å². The van der Waals surface area contributed by atoms with Crippen LogP contribution in [0.15, 0.2) is 58.7 Å². The summed E-state index contributed by atoms with van der Waals surface area (Å²) in [5.74, 6) is 2.88. The van der Waals surface area contributed by atoms with Crippen molar-refractivity contribution >= 4 is 23.6 Å². The molecule has 0 heterocycles. The maximum Gasteiger partial charge on any atom is -1.00 e. The molecular formula is C36H45Cl3O3SiTi. The van der Waals surface area contributed by atoms with Crippen LogP contribution in [0.1, 0.15) is 61.1 Å². The monoisotopic (exact) mass is 706 g/mol. The number of rotatable bonds is 7. The van der Waals surface area contributed by atoms with Gasteiger partial charge in [-0.15, -0.1) is 0 Å². The molecule has 0 N–H and O–H groups in total. The average Bonchev–Trinajstić information content (AvgIpc) is 3.10. The Labute approximate surface area is 296 Å². The standard InChI is InChI=1S/C36H45O3Si.3ClH.Ti/c1-20-14-17-30(33(37-11)23(20)4)40(36-28(9)26(7)27(8)29(36)10,31-18-15-21(2)24(5)34(31)38-12)32-19-16-22(3)25(6)35(32)39-13;;;;/h14-19H,1-13H3;3*1H;/q;;;;+3/p-3. The van der Waals surface area contributed by atoms with Crippen molar-refractivity contribution in [3.8, 4) is 17.2 Å². The van der Waals surface area contributed by atoms with Crippen LogP contribution >= 0.6 is 0 Å². The number of hydrogen-bond donors (Lipinski definition) is 0. The van der Waals surface area contributed by atoms with Gasteiger partial charge < -0.3 is 37.2 Å².